The Labute approximate surface area is 205 Å². The molecule has 4 rings (SSSR count). The Morgan fingerprint density at radius 3 is 2.31 bits per heavy atom. The Bertz CT molecular complexity index is 1060. The zero-order valence-corrected chi connectivity index (χ0v) is 20.2. The van der Waals surface area contributed by atoms with Gasteiger partial charge < -0.3 is 24.8 Å². The van der Waals surface area contributed by atoms with Crippen molar-refractivity contribution in [1.82, 2.24) is 10.2 Å². The Morgan fingerprint density at radius 2 is 1.71 bits per heavy atom. The molecule has 2 unspecified atom stereocenters. The van der Waals surface area contributed by atoms with Crippen molar-refractivity contribution in [3.05, 3.63) is 59.7 Å². The summed E-state index contributed by atoms with van der Waals surface area (Å²) in [6, 6.07) is 16.0. The van der Waals surface area contributed by atoms with Crippen molar-refractivity contribution < 1.29 is 29.0 Å². The van der Waals surface area contributed by atoms with E-state index in [2.05, 4.69) is 17.4 Å². The van der Waals surface area contributed by atoms with E-state index in [1.54, 1.807) is 11.8 Å². The predicted octanol–water partition coefficient (Wildman–Crippen LogP) is 3.79. The number of hydrogen-bond donors (Lipinski definition) is 2. The van der Waals surface area contributed by atoms with Gasteiger partial charge in [0.1, 0.15) is 12.1 Å². The van der Waals surface area contributed by atoms with E-state index >= 15 is 0 Å². The number of methoxy groups -OCH3 is 1. The number of carboxylic acid groups (broad SMARTS) is 1. The van der Waals surface area contributed by atoms with Gasteiger partial charge >= 0.3 is 12.1 Å². The number of ether oxygens (including phenoxy) is 2. The van der Waals surface area contributed by atoms with Gasteiger partial charge in [-0.3, -0.25) is 9.59 Å². The smallest absolute Gasteiger partial charge is 0.408 e. The van der Waals surface area contributed by atoms with E-state index in [1.807, 2.05) is 36.4 Å². The number of aliphatic carboxylic acids is 1. The number of fused-ring (bicyclic) bond motifs is 3. The average Bonchev–Trinajstić information content (AvgIpc) is 3.43. The van der Waals surface area contributed by atoms with E-state index in [4.69, 9.17) is 14.6 Å². The van der Waals surface area contributed by atoms with Gasteiger partial charge in [0.05, 0.1) is 6.61 Å². The van der Waals surface area contributed by atoms with Gasteiger partial charge in [0, 0.05) is 32.0 Å². The summed E-state index contributed by atoms with van der Waals surface area (Å²) in [7, 11) is 1.47. The SMILES string of the molecule is COCC(C)(NC(=O)OCC1c2ccccc2-c2ccccc21)C(=O)N1CCCC1CCC(=O)O. The van der Waals surface area contributed by atoms with Gasteiger partial charge in [-0.2, -0.15) is 0 Å². The molecule has 2 aromatic carbocycles. The van der Waals surface area contributed by atoms with Crippen molar-refractivity contribution >= 4 is 18.0 Å². The molecule has 8 heteroatoms. The summed E-state index contributed by atoms with van der Waals surface area (Å²) in [4.78, 5) is 39.0. The summed E-state index contributed by atoms with van der Waals surface area (Å²) >= 11 is 0. The van der Waals surface area contributed by atoms with E-state index in [0.717, 1.165) is 35.1 Å². The molecule has 2 amide bonds. The second kappa shape index (κ2) is 10.5. The number of nitrogens with zero attached hydrogens (tertiary/aromatic N) is 1. The first-order valence-corrected chi connectivity index (χ1v) is 12.0. The van der Waals surface area contributed by atoms with Crippen LogP contribution in [0, 0.1) is 0 Å². The zero-order chi connectivity index (χ0) is 25.0. The van der Waals surface area contributed by atoms with Crippen LogP contribution in [0.2, 0.25) is 0 Å². The van der Waals surface area contributed by atoms with E-state index < -0.39 is 17.6 Å². The Balaban J connectivity index is 1.44. The molecule has 0 saturated carbocycles. The van der Waals surface area contributed by atoms with Crippen molar-refractivity contribution in [3.63, 3.8) is 0 Å². The van der Waals surface area contributed by atoms with Gasteiger partial charge in [0.15, 0.2) is 0 Å². The molecule has 2 atom stereocenters. The number of carboxylic acids is 1. The molecular formula is C27H32N2O6. The number of carbonyl (C=O) groups excluding carboxylic acids is 2. The largest absolute Gasteiger partial charge is 0.481 e. The van der Waals surface area contributed by atoms with Gasteiger partial charge in [-0.15, -0.1) is 0 Å². The maximum Gasteiger partial charge on any atom is 0.408 e. The molecule has 1 aliphatic carbocycles. The zero-order valence-electron chi connectivity index (χ0n) is 20.2. The number of amides is 2. The monoisotopic (exact) mass is 480 g/mol. The molecule has 0 bridgehead atoms. The lowest BCUT2D eigenvalue weighted by Crippen LogP contribution is -2.61. The van der Waals surface area contributed by atoms with E-state index in [0.29, 0.717) is 13.0 Å². The van der Waals surface area contributed by atoms with Crippen molar-refractivity contribution in [2.24, 2.45) is 0 Å². The molecule has 1 heterocycles. The quantitative estimate of drug-likeness (QED) is 0.566. The van der Waals surface area contributed by atoms with Crippen LogP contribution in [0.3, 0.4) is 0 Å². The number of alkyl carbamates (subject to hydrolysis) is 1. The number of likely N-dealkylation sites (tertiary alicyclic amines) is 1. The van der Waals surface area contributed by atoms with Crippen molar-refractivity contribution in [2.45, 2.75) is 50.1 Å². The van der Waals surface area contributed by atoms with Gasteiger partial charge in [-0.05, 0) is 48.4 Å². The van der Waals surface area contributed by atoms with Crippen LogP contribution < -0.4 is 5.32 Å². The molecule has 0 aromatic heterocycles. The normalized spacial score (nSPS) is 18.5. The Morgan fingerprint density at radius 1 is 1.09 bits per heavy atom. The first-order chi connectivity index (χ1) is 16.8. The van der Waals surface area contributed by atoms with Crippen LogP contribution in [0.25, 0.3) is 11.1 Å². The second-order valence-corrected chi connectivity index (χ2v) is 9.44. The number of rotatable bonds is 9. The minimum absolute atomic E-state index is 0.00472. The maximum atomic E-state index is 13.5. The van der Waals surface area contributed by atoms with Crippen LogP contribution in [0.1, 0.15) is 49.7 Å². The maximum absolute atomic E-state index is 13.5. The third-order valence-corrected chi connectivity index (χ3v) is 6.96. The number of hydrogen-bond acceptors (Lipinski definition) is 5. The molecule has 0 radical (unpaired) electrons. The fourth-order valence-corrected chi connectivity index (χ4v) is 5.31. The lowest BCUT2D eigenvalue weighted by atomic mass is 9.98. The minimum Gasteiger partial charge on any atom is -0.481 e. The van der Waals surface area contributed by atoms with Gasteiger partial charge in [0.2, 0.25) is 0 Å². The summed E-state index contributed by atoms with van der Waals surface area (Å²) in [6.45, 7) is 2.25. The minimum atomic E-state index is -1.33. The van der Waals surface area contributed by atoms with Crippen LogP contribution >= 0.6 is 0 Å². The first kappa shape index (κ1) is 24.7. The fourth-order valence-electron chi connectivity index (χ4n) is 5.31. The van der Waals surface area contributed by atoms with Crippen molar-refractivity contribution in [1.29, 1.82) is 0 Å². The molecule has 2 N–H and O–H groups in total. The summed E-state index contributed by atoms with van der Waals surface area (Å²) in [5, 5.41) is 11.8. The summed E-state index contributed by atoms with van der Waals surface area (Å²) in [6.07, 6.45) is 1.22. The van der Waals surface area contributed by atoms with E-state index in [-0.39, 0.29) is 37.5 Å². The lowest BCUT2D eigenvalue weighted by molar-refractivity contribution is -0.142. The van der Waals surface area contributed by atoms with Crippen LogP contribution in [0.5, 0.6) is 0 Å². The van der Waals surface area contributed by atoms with Crippen molar-refractivity contribution in [3.8, 4) is 11.1 Å². The fraction of sp³-hybridized carbons (Fsp3) is 0.444. The molecule has 186 valence electrons. The third kappa shape index (κ3) is 5.17. The number of carbonyl (C=O) groups is 3. The summed E-state index contributed by atoms with van der Waals surface area (Å²) in [5.41, 5.74) is 3.16. The molecule has 1 saturated heterocycles. The van der Waals surface area contributed by atoms with Crippen LogP contribution in [-0.4, -0.2) is 66.4 Å². The Kier molecular flexibility index (Phi) is 7.40. The van der Waals surface area contributed by atoms with E-state index in [1.165, 1.54) is 7.11 Å². The average molecular weight is 481 g/mol. The highest BCUT2D eigenvalue weighted by molar-refractivity contribution is 5.90. The third-order valence-electron chi connectivity index (χ3n) is 6.96. The van der Waals surface area contributed by atoms with Gasteiger partial charge in [0.25, 0.3) is 5.91 Å². The topological polar surface area (TPSA) is 105 Å². The van der Waals surface area contributed by atoms with Crippen LogP contribution in [0.4, 0.5) is 4.79 Å². The first-order valence-electron chi connectivity index (χ1n) is 12.0. The van der Waals surface area contributed by atoms with Crippen LogP contribution in [0.15, 0.2) is 48.5 Å². The molecule has 1 aliphatic heterocycles. The summed E-state index contributed by atoms with van der Waals surface area (Å²) < 4.78 is 10.9. The molecule has 0 spiro atoms. The van der Waals surface area contributed by atoms with Gasteiger partial charge in [-0.1, -0.05) is 48.5 Å². The van der Waals surface area contributed by atoms with Crippen molar-refractivity contribution in [2.75, 3.05) is 26.9 Å². The summed E-state index contributed by atoms with van der Waals surface area (Å²) in [5.74, 6) is -1.27. The molecule has 35 heavy (non-hydrogen) atoms. The number of nitrogens with one attached hydrogen (secondary N) is 1. The molecule has 1 fully saturated rings. The molecule has 2 aliphatic rings. The predicted molar refractivity (Wildman–Crippen MR) is 130 cm³/mol. The van der Waals surface area contributed by atoms with Crippen LogP contribution in [-0.2, 0) is 19.1 Å². The number of benzene rings is 2. The molecule has 8 nitrogen and oxygen atoms in total. The molecule has 2 aromatic rings. The Hall–Kier alpha value is -3.39. The van der Waals surface area contributed by atoms with E-state index in [9.17, 15) is 14.4 Å². The van der Waals surface area contributed by atoms with Gasteiger partial charge in [-0.25, -0.2) is 4.79 Å². The highest BCUT2D eigenvalue weighted by Gasteiger charge is 2.43. The highest BCUT2D eigenvalue weighted by Crippen LogP contribution is 2.44. The second-order valence-electron chi connectivity index (χ2n) is 9.44. The standard InChI is InChI=1S/C27H32N2O6/c1-27(17-34-2,25(32)29-15-7-8-18(29)13-14-24(30)31)28-26(33)35-16-23-21-11-5-3-9-19(21)20-10-4-6-12-22(20)23/h3-6,9-12,18,23H,7-8,13-17H2,1-2H3,(H,28,33)(H,30,31). The lowest BCUT2D eigenvalue weighted by Gasteiger charge is -2.35. The molecular weight excluding hydrogens is 448 g/mol. The highest BCUT2D eigenvalue weighted by atomic mass is 16.5.